The van der Waals surface area contributed by atoms with E-state index in [1.807, 2.05) is 45.0 Å². The van der Waals surface area contributed by atoms with Gasteiger partial charge < -0.3 is 14.6 Å². The number of carbonyl (C=O) groups is 2. The summed E-state index contributed by atoms with van der Waals surface area (Å²) in [6.45, 7) is 5.65. The van der Waals surface area contributed by atoms with Crippen molar-refractivity contribution in [1.29, 1.82) is 0 Å². The molecule has 2 aromatic carbocycles. The van der Waals surface area contributed by atoms with Crippen molar-refractivity contribution in [2.75, 3.05) is 7.11 Å². The van der Waals surface area contributed by atoms with Gasteiger partial charge in [-0.25, -0.2) is 0 Å². The first-order valence-electron chi connectivity index (χ1n) is 11.8. The van der Waals surface area contributed by atoms with E-state index in [1.54, 1.807) is 31.4 Å². The second-order valence-electron chi connectivity index (χ2n) is 9.12. The van der Waals surface area contributed by atoms with Crippen molar-refractivity contribution in [1.82, 2.24) is 0 Å². The van der Waals surface area contributed by atoms with Gasteiger partial charge in [-0.05, 0) is 68.0 Å². The number of nitrogens with zero attached hydrogens (tertiary/aromatic N) is 1. The molecule has 34 heavy (non-hydrogen) atoms. The van der Waals surface area contributed by atoms with Gasteiger partial charge in [0.05, 0.1) is 13.2 Å². The Hall–Kier alpha value is -3.41. The molecule has 1 unspecified atom stereocenters. The first kappa shape index (κ1) is 23.7. The highest BCUT2D eigenvalue weighted by molar-refractivity contribution is 6.09. The van der Waals surface area contributed by atoms with Crippen LogP contribution in [0.15, 0.2) is 64.8 Å². The van der Waals surface area contributed by atoms with E-state index in [2.05, 4.69) is 0 Å². The van der Waals surface area contributed by atoms with Gasteiger partial charge in [0, 0.05) is 29.3 Å². The van der Waals surface area contributed by atoms with E-state index in [4.69, 9.17) is 14.5 Å². The first-order valence-corrected chi connectivity index (χ1v) is 11.8. The number of methoxy groups -OCH3 is 1. The van der Waals surface area contributed by atoms with Crippen molar-refractivity contribution >= 4 is 17.5 Å². The average molecular weight is 462 g/mol. The van der Waals surface area contributed by atoms with Crippen LogP contribution in [0.5, 0.6) is 11.5 Å². The molecule has 4 atom stereocenters. The van der Waals surface area contributed by atoms with Gasteiger partial charge in [0.1, 0.15) is 17.4 Å². The van der Waals surface area contributed by atoms with Crippen LogP contribution < -0.4 is 4.74 Å². The summed E-state index contributed by atoms with van der Waals surface area (Å²) in [6.07, 6.45) is 1.45. The lowest BCUT2D eigenvalue weighted by Crippen LogP contribution is -2.39. The number of Topliss-reactive ketones (excluding diaryl/α,β-unsaturated/α-hetero) is 1. The molecule has 0 saturated carbocycles. The minimum Gasteiger partial charge on any atom is -0.508 e. The molecule has 4 rings (SSSR count). The Labute approximate surface area is 200 Å². The molecule has 6 nitrogen and oxygen atoms in total. The summed E-state index contributed by atoms with van der Waals surface area (Å²) in [6, 6.07) is 14.5. The van der Waals surface area contributed by atoms with Crippen LogP contribution >= 0.6 is 0 Å². The van der Waals surface area contributed by atoms with Crippen molar-refractivity contribution in [2.45, 2.75) is 58.0 Å². The maximum atomic E-state index is 13.6. The standard InChI is InChI=1S/C28H31NO5/c1-5-16(2)34-28(32)25-17(3)29-23-14-20(18-8-12-22(33-4)13-9-18)15-24(31)27(23)26(25)19-6-10-21(30)11-7-19/h6-13,16,20,25-26,30H,5,14-15H2,1-4H3/t16-,20+,25?,26-/m0/s1. The molecule has 0 radical (unpaired) electrons. The molecule has 1 aliphatic heterocycles. The molecule has 1 heterocycles. The number of aliphatic imine (C=N–C) groups is 1. The lowest BCUT2D eigenvalue weighted by atomic mass is 9.69. The summed E-state index contributed by atoms with van der Waals surface area (Å²) >= 11 is 0. The van der Waals surface area contributed by atoms with Crippen LogP contribution in [0, 0.1) is 5.92 Å². The molecule has 2 aliphatic rings. The van der Waals surface area contributed by atoms with Crippen molar-refractivity contribution < 1.29 is 24.2 Å². The number of phenolic OH excluding ortho intramolecular Hbond substituents is 1. The Morgan fingerprint density at radius 3 is 2.35 bits per heavy atom. The third-order valence-electron chi connectivity index (χ3n) is 6.87. The predicted molar refractivity (Wildman–Crippen MR) is 130 cm³/mol. The van der Waals surface area contributed by atoms with Crippen LogP contribution in [0.1, 0.15) is 63.0 Å². The summed E-state index contributed by atoms with van der Waals surface area (Å²) in [4.78, 5) is 31.6. The second kappa shape index (κ2) is 9.84. The highest BCUT2D eigenvalue weighted by Crippen LogP contribution is 2.47. The molecule has 6 heteroatoms. The number of carbonyl (C=O) groups excluding carboxylic acids is 2. The smallest absolute Gasteiger partial charge is 0.315 e. The molecule has 0 saturated heterocycles. The molecule has 0 aromatic heterocycles. The van der Waals surface area contributed by atoms with Crippen LogP contribution in [0.3, 0.4) is 0 Å². The number of allylic oxidation sites excluding steroid dienone is 2. The third-order valence-corrected chi connectivity index (χ3v) is 6.87. The Kier molecular flexibility index (Phi) is 6.87. The number of aromatic hydroxyl groups is 1. The van der Waals surface area contributed by atoms with Crippen LogP contribution in [-0.4, -0.2) is 35.8 Å². The first-order chi connectivity index (χ1) is 16.3. The number of ketones is 1. The summed E-state index contributed by atoms with van der Waals surface area (Å²) in [5.41, 5.74) is 3.83. The second-order valence-corrected chi connectivity index (χ2v) is 9.12. The molecule has 178 valence electrons. The summed E-state index contributed by atoms with van der Waals surface area (Å²) < 4.78 is 11.0. The van der Waals surface area contributed by atoms with Gasteiger partial charge in [0.15, 0.2) is 5.78 Å². The summed E-state index contributed by atoms with van der Waals surface area (Å²) in [7, 11) is 1.63. The number of phenols is 1. The average Bonchev–Trinajstić information content (AvgIpc) is 2.83. The number of rotatable bonds is 6. The zero-order chi connectivity index (χ0) is 24.4. The van der Waals surface area contributed by atoms with Crippen molar-refractivity contribution in [3.8, 4) is 11.5 Å². The van der Waals surface area contributed by atoms with Crippen molar-refractivity contribution in [3.63, 3.8) is 0 Å². The quantitative estimate of drug-likeness (QED) is 0.589. The van der Waals surface area contributed by atoms with Crippen molar-refractivity contribution in [3.05, 3.63) is 70.9 Å². The zero-order valence-electron chi connectivity index (χ0n) is 20.1. The largest absolute Gasteiger partial charge is 0.508 e. The van der Waals surface area contributed by atoms with Gasteiger partial charge in [-0.2, -0.15) is 0 Å². The van der Waals surface area contributed by atoms with Gasteiger partial charge in [0.25, 0.3) is 0 Å². The van der Waals surface area contributed by atoms with Gasteiger partial charge >= 0.3 is 5.97 Å². The van der Waals surface area contributed by atoms with Crippen LogP contribution in [0.2, 0.25) is 0 Å². The third kappa shape index (κ3) is 4.63. The van der Waals surface area contributed by atoms with Crippen LogP contribution in [0.25, 0.3) is 0 Å². The minimum atomic E-state index is -0.682. The lowest BCUT2D eigenvalue weighted by Gasteiger charge is -2.37. The van der Waals surface area contributed by atoms with E-state index < -0.39 is 11.8 Å². The number of esters is 1. The Bertz CT molecular complexity index is 1130. The van der Waals surface area contributed by atoms with E-state index in [9.17, 15) is 14.7 Å². The fourth-order valence-electron chi connectivity index (χ4n) is 4.87. The topological polar surface area (TPSA) is 85.2 Å². The molecular formula is C28H31NO5. The normalized spacial score (nSPS) is 23.1. The fourth-order valence-corrected chi connectivity index (χ4v) is 4.87. The molecule has 0 amide bonds. The van der Waals surface area contributed by atoms with E-state index in [0.717, 1.165) is 22.6 Å². The maximum Gasteiger partial charge on any atom is 0.315 e. The minimum absolute atomic E-state index is 0.00210. The fraction of sp³-hybridized carbons (Fsp3) is 0.393. The SMILES string of the molecule is CC[C@H](C)OC(=O)C1C(C)=NC2=C(C(=O)C[C@H](c3ccc(OC)cc3)C2)[C@H]1c1ccc(O)cc1. The summed E-state index contributed by atoms with van der Waals surface area (Å²) in [5.74, 6) is -0.631. The number of hydrogen-bond acceptors (Lipinski definition) is 6. The maximum absolute atomic E-state index is 13.6. The Balaban J connectivity index is 1.75. The highest BCUT2D eigenvalue weighted by atomic mass is 16.5. The predicted octanol–water partition coefficient (Wildman–Crippen LogP) is 5.32. The molecule has 0 spiro atoms. The Morgan fingerprint density at radius 1 is 1.09 bits per heavy atom. The monoisotopic (exact) mass is 461 g/mol. The van der Waals surface area contributed by atoms with Gasteiger partial charge in [-0.1, -0.05) is 31.2 Å². The highest BCUT2D eigenvalue weighted by Gasteiger charge is 2.45. The van der Waals surface area contributed by atoms with E-state index in [1.165, 1.54) is 0 Å². The number of ether oxygens (including phenoxy) is 2. The van der Waals surface area contributed by atoms with Crippen LogP contribution in [0.4, 0.5) is 0 Å². The van der Waals surface area contributed by atoms with Crippen LogP contribution in [-0.2, 0) is 14.3 Å². The molecule has 1 N–H and O–H groups in total. The Morgan fingerprint density at radius 2 is 1.74 bits per heavy atom. The van der Waals surface area contributed by atoms with E-state index in [-0.39, 0.29) is 29.5 Å². The molecular weight excluding hydrogens is 430 g/mol. The van der Waals surface area contributed by atoms with Gasteiger partial charge in [-0.15, -0.1) is 0 Å². The van der Waals surface area contributed by atoms with E-state index in [0.29, 0.717) is 30.5 Å². The van der Waals surface area contributed by atoms with E-state index >= 15 is 0 Å². The molecule has 0 bridgehead atoms. The van der Waals surface area contributed by atoms with Gasteiger partial charge in [-0.3, -0.25) is 14.6 Å². The molecule has 2 aromatic rings. The number of benzene rings is 2. The molecule has 0 fully saturated rings. The lowest BCUT2D eigenvalue weighted by molar-refractivity contribution is -0.151. The number of hydrogen-bond donors (Lipinski definition) is 1. The van der Waals surface area contributed by atoms with Gasteiger partial charge in [0.2, 0.25) is 0 Å². The molecule has 1 aliphatic carbocycles. The van der Waals surface area contributed by atoms with Crippen molar-refractivity contribution in [2.24, 2.45) is 10.9 Å². The summed E-state index contributed by atoms with van der Waals surface area (Å²) in [5, 5.41) is 9.81. The zero-order valence-corrected chi connectivity index (χ0v) is 20.1.